The van der Waals surface area contributed by atoms with E-state index in [1.54, 1.807) is 0 Å². The van der Waals surface area contributed by atoms with E-state index in [0.29, 0.717) is 5.69 Å². The Balaban J connectivity index is 2.49. The summed E-state index contributed by atoms with van der Waals surface area (Å²) in [5, 5.41) is 18.2. The summed E-state index contributed by atoms with van der Waals surface area (Å²) in [4.78, 5) is 28.4. The van der Waals surface area contributed by atoms with E-state index >= 15 is 0 Å². The fourth-order valence-electron chi connectivity index (χ4n) is 1.27. The summed E-state index contributed by atoms with van der Waals surface area (Å²) in [6.07, 6.45) is 0.877. The van der Waals surface area contributed by atoms with Gasteiger partial charge in [0.05, 0.1) is 18.2 Å². The molecule has 0 saturated carbocycles. The Hall–Kier alpha value is -2.71. The Bertz CT molecular complexity index is 602. The Morgan fingerprint density at radius 1 is 1.53 bits per heavy atom. The number of aromatic amines is 2. The second-order valence-electron chi connectivity index (χ2n) is 3.20. The molecule has 2 aromatic rings. The minimum atomic E-state index is -1.15. The molecule has 0 saturated heterocycles. The number of H-pyrrole nitrogens is 2. The van der Waals surface area contributed by atoms with Crippen molar-refractivity contribution >= 4 is 11.8 Å². The minimum absolute atomic E-state index is 0.0789. The fraction of sp³-hybridized carbons (Fsp3) is 0.125. The molecule has 88 valence electrons. The first-order valence-electron chi connectivity index (χ1n) is 4.54. The number of nitrogens with zero attached hydrogens (tertiary/aromatic N) is 3. The van der Waals surface area contributed by atoms with Gasteiger partial charge in [0.25, 0.3) is 5.56 Å². The molecule has 2 aromatic heterocycles. The number of nitrogens with two attached hydrogens (primary N) is 1. The number of aromatic nitrogens is 5. The molecule has 0 spiro atoms. The minimum Gasteiger partial charge on any atom is -0.481 e. The molecule has 0 aliphatic carbocycles. The lowest BCUT2D eigenvalue weighted by atomic mass is 10.2. The third kappa shape index (κ3) is 2.12. The predicted octanol–water partition coefficient (Wildman–Crippen LogP) is -1.24. The molecule has 0 aliphatic heterocycles. The van der Waals surface area contributed by atoms with Crippen molar-refractivity contribution in [3.8, 4) is 11.5 Å². The predicted molar refractivity (Wildman–Crippen MR) is 56.0 cm³/mol. The normalized spacial score (nSPS) is 10.4. The van der Waals surface area contributed by atoms with E-state index in [2.05, 4.69) is 25.4 Å². The SMILES string of the molecule is Nc1nc(-c2cn[nH]n2)[nH]c(=O)c1CC(=O)O. The van der Waals surface area contributed by atoms with Crippen LogP contribution in [0, 0.1) is 0 Å². The van der Waals surface area contributed by atoms with Gasteiger partial charge in [-0.1, -0.05) is 0 Å². The van der Waals surface area contributed by atoms with Gasteiger partial charge >= 0.3 is 5.97 Å². The van der Waals surface area contributed by atoms with Crippen molar-refractivity contribution in [3.63, 3.8) is 0 Å². The van der Waals surface area contributed by atoms with Crippen LogP contribution in [0.1, 0.15) is 5.56 Å². The van der Waals surface area contributed by atoms with Crippen LogP contribution in [0.2, 0.25) is 0 Å². The average molecular weight is 236 g/mol. The highest BCUT2D eigenvalue weighted by atomic mass is 16.4. The summed E-state index contributed by atoms with van der Waals surface area (Å²) < 4.78 is 0. The zero-order valence-electron chi connectivity index (χ0n) is 8.47. The van der Waals surface area contributed by atoms with Gasteiger partial charge < -0.3 is 15.8 Å². The molecule has 9 heteroatoms. The van der Waals surface area contributed by atoms with E-state index < -0.39 is 17.9 Å². The van der Waals surface area contributed by atoms with Crippen molar-refractivity contribution in [2.45, 2.75) is 6.42 Å². The van der Waals surface area contributed by atoms with Crippen LogP contribution in [0.4, 0.5) is 5.82 Å². The molecular formula is C8H8N6O3. The zero-order chi connectivity index (χ0) is 12.4. The number of anilines is 1. The highest BCUT2D eigenvalue weighted by Gasteiger charge is 2.14. The van der Waals surface area contributed by atoms with Crippen LogP contribution in [0.5, 0.6) is 0 Å². The molecule has 0 aromatic carbocycles. The van der Waals surface area contributed by atoms with E-state index in [1.807, 2.05) is 0 Å². The number of nitrogen functional groups attached to an aromatic ring is 1. The monoisotopic (exact) mass is 236 g/mol. The van der Waals surface area contributed by atoms with Gasteiger partial charge in [-0.15, -0.1) is 0 Å². The Morgan fingerprint density at radius 2 is 2.29 bits per heavy atom. The summed E-state index contributed by atoms with van der Waals surface area (Å²) in [6.45, 7) is 0. The van der Waals surface area contributed by atoms with Crippen molar-refractivity contribution in [1.82, 2.24) is 25.4 Å². The van der Waals surface area contributed by atoms with Gasteiger partial charge in [0.1, 0.15) is 11.5 Å². The number of aliphatic carboxylic acids is 1. The van der Waals surface area contributed by atoms with Crippen LogP contribution in [-0.4, -0.2) is 36.5 Å². The topological polar surface area (TPSA) is 151 Å². The number of carboxylic acids is 1. The molecule has 2 heterocycles. The first-order chi connectivity index (χ1) is 8.08. The fourth-order valence-corrected chi connectivity index (χ4v) is 1.27. The van der Waals surface area contributed by atoms with Gasteiger partial charge in [-0.05, 0) is 0 Å². The van der Waals surface area contributed by atoms with E-state index in [9.17, 15) is 9.59 Å². The summed E-state index contributed by atoms with van der Waals surface area (Å²) >= 11 is 0. The molecule has 0 bridgehead atoms. The maximum atomic E-state index is 11.6. The van der Waals surface area contributed by atoms with Gasteiger partial charge in [0, 0.05) is 0 Å². The Labute approximate surface area is 93.7 Å². The van der Waals surface area contributed by atoms with Crippen LogP contribution in [0.25, 0.3) is 11.5 Å². The molecule has 0 aliphatic rings. The lowest BCUT2D eigenvalue weighted by Crippen LogP contribution is -2.21. The highest BCUT2D eigenvalue weighted by molar-refractivity contribution is 5.72. The number of hydrogen-bond acceptors (Lipinski definition) is 6. The maximum absolute atomic E-state index is 11.6. The summed E-state index contributed by atoms with van der Waals surface area (Å²) in [5.74, 6) is -1.15. The third-order valence-corrected chi connectivity index (χ3v) is 2.03. The zero-order valence-corrected chi connectivity index (χ0v) is 8.47. The van der Waals surface area contributed by atoms with Crippen molar-refractivity contribution < 1.29 is 9.90 Å². The smallest absolute Gasteiger partial charge is 0.308 e. The van der Waals surface area contributed by atoms with E-state index in [1.165, 1.54) is 6.20 Å². The number of hydrogen-bond donors (Lipinski definition) is 4. The molecule has 0 atom stereocenters. The molecule has 0 unspecified atom stereocenters. The van der Waals surface area contributed by atoms with Crippen LogP contribution in [0.15, 0.2) is 11.0 Å². The molecule has 5 N–H and O–H groups in total. The van der Waals surface area contributed by atoms with Crippen LogP contribution in [-0.2, 0) is 11.2 Å². The first kappa shape index (κ1) is 10.8. The van der Waals surface area contributed by atoms with E-state index in [4.69, 9.17) is 10.8 Å². The number of carbonyl (C=O) groups is 1. The summed E-state index contributed by atoms with van der Waals surface area (Å²) in [5.41, 5.74) is 5.16. The van der Waals surface area contributed by atoms with E-state index in [-0.39, 0.29) is 17.2 Å². The standard InChI is InChI=1S/C8H8N6O3/c9-6-3(1-5(15)16)8(17)12-7(11-6)4-2-10-14-13-4/h2H,1H2,(H,15,16)(H,10,13,14)(H3,9,11,12,17). The molecule has 17 heavy (non-hydrogen) atoms. The third-order valence-electron chi connectivity index (χ3n) is 2.03. The Morgan fingerprint density at radius 3 is 2.82 bits per heavy atom. The molecular weight excluding hydrogens is 228 g/mol. The number of rotatable bonds is 3. The van der Waals surface area contributed by atoms with Gasteiger partial charge in [-0.2, -0.15) is 15.4 Å². The lowest BCUT2D eigenvalue weighted by Gasteiger charge is -2.02. The van der Waals surface area contributed by atoms with Gasteiger partial charge in [0.15, 0.2) is 5.82 Å². The van der Waals surface area contributed by atoms with E-state index in [0.717, 1.165) is 0 Å². The van der Waals surface area contributed by atoms with Gasteiger partial charge in [0.2, 0.25) is 0 Å². The van der Waals surface area contributed by atoms with Crippen LogP contribution < -0.4 is 11.3 Å². The van der Waals surface area contributed by atoms with Crippen molar-refractivity contribution in [2.75, 3.05) is 5.73 Å². The largest absolute Gasteiger partial charge is 0.481 e. The van der Waals surface area contributed by atoms with Crippen molar-refractivity contribution in [1.29, 1.82) is 0 Å². The maximum Gasteiger partial charge on any atom is 0.308 e. The first-order valence-corrected chi connectivity index (χ1v) is 4.54. The quantitative estimate of drug-likeness (QED) is 0.520. The average Bonchev–Trinajstić information content (AvgIpc) is 2.76. The Kier molecular flexibility index (Phi) is 2.57. The second-order valence-corrected chi connectivity index (χ2v) is 3.20. The number of nitrogens with one attached hydrogen (secondary N) is 2. The summed E-state index contributed by atoms with van der Waals surface area (Å²) in [6, 6.07) is 0. The molecule has 9 nitrogen and oxygen atoms in total. The van der Waals surface area contributed by atoms with Gasteiger partial charge in [-0.25, -0.2) is 4.98 Å². The van der Waals surface area contributed by atoms with Crippen LogP contribution >= 0.6 is 0 Å². The van der Waals surface area contributed by atoms with Crippen molar-refractivity contribution in [2.24, 2.45) is 0 Å². The van der Waals surface area contributed by atoms with Gasteiger partial charge in [-0.3, -0.25) is 9.59 Å². The number of carboxylic acid groups (broad SMARTS) is 1. The molecule has 0 radical (unpaired) electrons. The van der Waals surface area contributed by atoms with Crippen LogP contribution in [0.3, 0.4) is 0 Å². The lowest BCUT2D eigenvalue weighted by molar-refractivity contribution is -0.136. The molecule has 2 rings (SSSR count). The molecule has 0 amide bonds. The highest BCUT2D eigenvalue weighted by Crippen LogP contribution is 2.11. The summed E-state index contributed by atoms with van der Waals surface area (Å²) in [7, 11) is 0. The second kappa shape index (κ2) is 4.04. The molecule has 0 fully saturated rings. The van der Waals surface area contributed by atoms with Crippen molar-refractivity contribution in [3.05, 3.63) is 22.1 Å².